The SMILES string of the molecule is c1nn(CC2CCCO2)cc1NC1CCNCC1. The predicted octanol–water partition coefficient (Wildman–Crippen LogP) is 1.23. The fraction of sp³-hybridized carbons (Fsp3) is 0.769. The van der Waals surface area contributed by atoms with Gasteiger partial charge in [0.05, 0.1) is 24.5 Å². The first-order valence-electron chi connectivity index (χ1n) is 7.01. The van der Waals surface area contributed by atoms with Gasteiger partial charge in [-0.25, -0.2) is 0 Å². The number of hydrogen-bond acceptors (Lipinski definition) is 4. The van der Waals surface area contributed by atoms with Gasteiger partial charge in [-0.15, -0.1) is 0 Å². The third kappa shape index (κ3) is 3.03. The highest BCUT2D eigenvalue weighted by Gasteiger charge is 2.17. The largest absolute Gasteiger partial charge is 0.380 e. The third-order valence-corrected chi connectivity index (χ3v) is 3.76. The number of ether oxygens (including phenoxy) is 1. The van der Waals surface area contributed by atoms with E-state index in [4.69, 9.17) is 4.74 Å². The summed E-state index contributed by atoms with van der Waals surface area (Å²) in [5.74, 6) is 0. The van der Waals surface area contributed by atoms with E-state index in [0.717, 1.165) is 38.3 Å². The summed E-state index contributed by atoms with van der Waals surface area (Å²) in [6, 6.07) is 0.589. The number of hydrogen-bond donors (Lipinski definition) is 2. The Morgan fingerprint density at radius 1 is 1.39 bits per heavy atom. The average molecular weight is 250 g/mol. The normalized spacial score (nSPS) is 25.4. The first-order chi connectivity index (χ1) is 8.90. The lowest BCUT2D eigenvalue weighted by atomic mass is 10.1. The van der Waals surface area contributed by atoms with E-state index in [2.05, 4.69) is 21.9 Å². The molecule has 3 heterocycles. The van der Waals surface area contributed by atoms with Crippen molar-refractivity contribution in [2.24, 2.45) is 0 Å². The molecular weight excluding hydrogens is 228 g/mol. The quantitative estimate of drug-likeness (QED) is 0.844. The summed E-state index contributed by atoms with van der Waals surface area (Å²) in [4.78, 5) is 0. The van der Waals surface area contributed by atoms with Gasteiger partial charge in [-0.2, -0.15) is 5.10 Å². The van der Waals surface area contributed by atoms with E-state index in [1.165, 1.54) is 19.3 Å². The maximum atomic E-state index is 5.63. The van der Waals surface area contributed by atoms with Crippen LogP contribution in [0.15, 0.2) is 12.4 Å². The molecule has 5 nitrogen and oxygen atoms in total. The molecule has 1 unspecified atom stereocenters. The van der Waals surface area contributed by atoms with Crippen molar-refractivity contribution in [1.29, 1.82) is 0 Å². The van der Waals surface area contributed by atoms with Crippen molar-refractivity contribution in [3.05, 3.63) is 12.4 Å². The lowest BCUT2D eigenvalue weighted by Gasteiger charge is -2.23. The lowest BCUT2D eigenvalue weighted by Crippen LogP contribution is -2.35. The summed E-state index contributed by atoms with van der Waals surface area (Å²) in [7, 11) is 0. The average Bonchev–Trinajstić information content (AvgIpc) is 3.03. The van der Waals surface area contributed by atoms with Crippen molar-refractivity contribution in [3.8, 4) is 0 Å². The maximum absolute atomic E-state index is 5.63. The molecule has 2 saturated heterocycles. The Morgan fingerprint density at radius 3 is 3.06 bits per heavy atom. The zero-order valence-corrected chi connectivity index (χ0v) is 10.8. The lowest BCUT2D eigenvalue weighted by molar-refractivity contribution is 0.0940. The van der Waals surface area contributed by atoms with Crippen LogP contribution in [0.25, 0.3) is 0 Å². The number of nitrogens with zero attached hydrogens (tertiary/aromatic N) is 2. The molecule has 2 N–H and O–H groups in total. The van der Waals surface area contributed by atoms with Crippen LogP contribution in [0.4, 0.5) is 5.69 Å². The van der Waals surface area contributed by atoms with E-state index in [9.17, 15) is 0 Å². The summed E-state index contributed by atoms with van der Waals surface area (Å²) >= 11 is 0. The van der Waals surface area contributed by atoms with Gasteiger partial charge in [0.1, 0.15) is 0 Å². The first-order valence-corrected chi connectivity index (χ1v) is 7.01. The van der Waals surface area contributed by atoms with Gasteiger partial charge in [0, 0.05) is 18.8 Å². The Hall–Kier alpha value is -1.07. The Bertz CT molecular complexity index is 367. The van der Waals surface area contributed by atoms with Gasteiger partial charge in [-0.3, -0.25) is 4.68 Å². The molecule has 0 amide bonds. The number of piperidine rings is 1. The molecule has 1 aromatic heterocycles. The molecule has 0 spiro atoms. The fourth-order valence-electron chi connectivity index (χ4n) is 2.74. The third-order valence-electron chi connectivity index (χ3n) is 3.76. The van der Waals surface area contributed by atoms with Gasteiger partial charge < -0.3 is 15.4 Å². The Kier molecular flexibility index (Phi) is 3.81. The van der Waals surface area contributed by atoms with Crippen LogP contribution >= 0.6 is 0 Å². The summed E-state index contributed by atoms with van der Waals surface area (Å²) in [5.41, 5.74) is 1.14. The van der Waals surface area contributed by atoms with E-state index in [1.54, 1.807) is 0 Å². The molecule has 2 fully saturated rings. The zero-order chi connectivity index (χ0) is 12.2. The van der Waals surface area contributed by atoms with Crippen LogP contribution in [0, 0.1) is 0 Å². The van der Waals surface area contributed by atoms with Crippen molar-refractivity contribution in [2.45, 2.75) is 44.4 Å². The van der Waals surface area contributed by atoms with Crippen LogP contribution in [0.3, 0.4) is 0 Å². The van der Waals surface area contributed by atoms with Crippen molar-refractivity contribution >= 4 is 5.69 Å². The molecule has 18 heavy (non-hydrogen) atoms. The highest BCUT2D eigenvalue weighted by atomic mass is 16.5. The summed E-state index contributed by atoms with van der Waals surface area (Å²) in [6.07, 6.45) is 9.12. The molecule has 2 aliphatic heterocycles. The fourth-order valence-corrected chi connectivity index (χ4v) is 2.74. The number of rotatable bonds is 4. The molecule has 0 bridgehead atoms. The van der Waals surface area contributed by atoms with Crippen LogP contribution in [-0.4, -0.2) is 41.6 Å². The predicted molar refractivity (Wildman–Crippen MR) is 70.7 cm³/mol. The Morgan fingerprint density at radius 2 is 2.28 bits per heavy atom. The molecule has 0 saturated carbocycles. The minimum atomic E-state index is 0.358. The monoisotopic (exact) mass is 250 g/mol. The zero-order valence-electron chi connectivity index (χ0n) is 10.8. The molecule has 0 aromatic carbocycles. The van der Waals surface area contributed by atoms with E-state index >= 15 is 0 Å². The minimum Gasteiger partial charge on any atom is -0.380 e. The summed E-state index contributed by atoms with van der Waals surface area (Å²) in [5, 5.41) is 11.3. The maximum Gasteiger partial charge on any atom is 0.0771 e. The van der Waals surface area contributed by atoms with Gasteiger partial charge in [-0.1, -0.05) is 0 Å². The van der Waals surface area contributed by atoms with Gasteiger partial charge >= 0.3 is 0 Å². The van der Waals surface area contributed by atoms with Crippen molar-refractivity contribution < 1.29 is 4.74 Å². The minimum absolute atomic E-state index is 0.358. The Balaban J connectivity index is 1.52. The van der Waals surface area contributed by atoms with E-state index < -0.39 is 0 Å². The van der Waals surface area contributed by atoms with Crippen molar-refractivity contribution in [2.75, 3.05) is 25.0 Å². The van der Waals surface area contributed by atoms with Crippen LogP contribution < -0.4 is 10.6 Å². The second-order valence-corrected chi connectivity index (χ2v) is 5.25. The van der Waals surface area contributed by atoms with Crippen LogP contribution in [0.5, 0.6) is 0 Å². The van der Waals surface area contributed by atoms with Crippen molar-refractivity contribution in [1.82, 2.24) is 15.1 Å². The molecule has 5 heteroatoms. The van der Waals surface area contributed by atoms with Crippen LogP contribution in [-0.2, 0) is 11.3 Å². The number of nitrogens with one attached hydrogen (secondary N) is 2. The van der Waals surface area contributed by atoms with Crippen LogP contribution in [0.1, 0.15) is 25.7 Å². The topological polar surface area (TPSA) is 51.1 Å². The second-order valence-electron chi connectivity index (χ2n) is 5.25. The molecule has 1 atom stereocenters. The highest BCUT2D eigenvalue weighted by molar-refractivity contribution is 5.39. The van der Waals surface area contributed by atoms with Crippen molar-refractivity contribution in [3.63, 3.8) is 0 Å². The number of aromatic nitrogens is 2. The molecule has 2 aliphatic rings. The van der Waals surface area contributed by atoms with E-state index in [1.807, 2.05) is 10.9 Å². The molecule has 0 radical (unpaired) electrons. The molecule has 3 rings (SSSR count). The molecule has 1 aromatic rings. The first kappa shape index (κ1) is 12.0. The van der Waals surface area contributed by atoms with Gasteiger partial charge in [0.2, 0.25) is 0 Å². The molecular formula is C13H22N4O. The molecule has 100 valence electrons. The smallest absolute Gasteiger partial charge is 0.0771 e. The van der Waals surface area contributed by atoms with Gasteiger partial charge in [0.25, 0.3) is 0 Å². The highest BCUT2D eigenvalue weighted by Crippen LogP contribution is 2.16. The van der Waals surface area contributed by atoms with Crippen LogP contribution in [0.2, 0.25) is 0 Å². The number of anilines is 1. The Labute approximate surface area is 108 Å². The van der Waals surface area contributed by atoms with Gasteiger partial charge in [0.15, 0.2) is 0 Å². The molecule has 0 aliphatic carbocycles. The summed E-state index contributed by atoms with van der Waals surface area (Å²) in [6.45, 7) is 4.02. The summed E-state index contributed by atoms with van der Waals surface area (Å²) < 4.78 is 7.63. The van der Waals surface area contributed by atoms with Gasteiger partial charge in [-0.05, 0) is 38.8 Å². The van der Waals surface area contributed by atoms with E-state index in [-0.39, 0.29) is 0 Å². The van der Waals surface area contributed by atoms with E-state index in [0.29, 0.717) is 12.1 Å². The standard InChI is InChI=1S/C13H22N4O/c1-2-13(18-7-1)10-17-9-12(8-15-17)16-11-3-5-14-6-4-11/h8-9,11,13-14,16H,1-7,10H2. The second kappa shape index (κ2) is 5.71.